The lowest BCUT2D eigenvalue weighted by atomic mass is 10.0. The van der Waals surface area contributed by atoms with Crippen LogP contribution in [0.4, 0.5) is 0 Å². The van der Waals surface area contributed by atoms with Crippen molar-refractivity contribution in [3.8, 4) is 11.5 Å². The first-order valence-corrected chi connectivity index (χ1v) is 8.91. The predicted molar refractivity (Wildman–Crippen MR) is 97.6 cm³/mol. The molecule has 1 aliphatic heterocycles. The third kappa shape index (κ3) is 5.11. The summed E-state index contributed by atoms with van der Waals surface area (Å²) >= 11 is 0. The number of benzene rings is 1. The molecular weight excluding hydrogens is 336 g/mol. The van der Waals surface area contributed by atoms with E-state index in [0.29, 0.717) is 25.9 Å². The van der Waals surface area contributed by atoms with Crippen molar-refractivity contribution in [3.63, 3.8) is 0 Å². The predicted octanol–water partition coefficient (Wildman–Crippen LogP) is 2.16. The number of methoxy groups -OCH3 is 2. The van der Waals surface area contributed by atoms with Crippen molar-refractivity contribution >= 4 is 11.9 Å². The SMILES string of the molecule is COc1ccc(C(C)N2CCN(C(=O)CCCC(=O)O)CC2)c(OC)c1. The number of hydrogen-bond donors (Lipinski definition) is 1. The van der Waals surface area contributed by atoms with Crippen LogP contribution in [-0.4, -0.2) is 67.2 Å². The quantitative estimate of drug-likeness (QED) is 0.762. The van der Waals surface area contributed by atoms with Gasteiger partial charge in [-0.05, 0) is 19.4 Å². The molecule has 0 saturated carbocycles. The van der Waals surface area contributed by atoms with E-state index in [9.17, 15) is 9.59 Å². The number of amides is 1. The Balaban J connectivity index is 1.91. The average molecular weight is 364 g/mol. The summed E-state index contributed by atoms with van der Waals surface area (Å²) in [5.41, 5.74) is 1.09. The number of aliphatic carboxylic acids is 1. The summed E-state index contributed by atoms with van der Waals surface area (Å²) in [6.45, 7) is 5.01. The number of carbonyl (C=O) groups excluding carboxylic acids is 1. The molecule has 0 radical (unpaired) electrons. The number of carboxylic acid groups (broad SMARTS) is 1. The number of carboxylic acids is 1. The number of rotatable bonds is 8. The van der Waals surface area contributed by atoms with Crippen LogP contribution < -0.4 is 9.47 Å². The largest absolute Gasteiger partial charge is 0.497 e. The average Bonchev–Trinajstić information content (AvgIpc) is 2.66. The number of ether oxygens (including phenoxy) is 2. The zero-order valence-corrected chi connectivity index (χ0v) is 15.7. The van der Waals surface area contributed by atoms with Gasteiger partial charge in [0.05, 0.1) is 14.2 Å². The number of hydrogen-bond acceptors (Lipinski definition) is 5. The molecule has 1 N–H and O–H groups in total. The minimum atomic E-state index is -0.857. The van der Waals surface area contributed by atoms with Gasteiger partial charge in [-0.15, -0.1) is 0 Å². The molecule has 144 valence electrons. The molecule has 1 heterocycles. The minimum Gasteiger partial charge on any atom is -0.497 e. The van der Waals surface area contributed by atoms with Gasteiger partial charge in [-0.1, -0.05) is 6.07 Å². The molecule has 1 aromatic carbocycles. The van der Waals surface area contributed by atoms with Gasteiger partial charge in [0.15, 0.2) is 0 Å². The van der Waals surface area contributed by atoms with Crippen molar-refractivity contribution in [1.29, 1.82) is 0 Å². The molecule has 0 spiro atoms. The lowest BCUT2D eigenvalue weighted by Crippen LogP contribution is -2.49. The molecule has 0 aromatic heterocycles. The number of piperazine rings is 1. The molecule has 1 aromatic rings. The second-order valence-corrected chi connectivity index (χ2v) is 6.45. The number of nitrogens with zero attached hydrogens (tertiary/aromatic N) is 2. The van der Waals surface area contributed by atoms with Crippen molar-refractivity contribution < 1.29 is 24.2 Å². The van der Waals surface area contributed by atoms with Crippen LogP contribution in [-0.2, 0) is 9.59 Å². The molecule has 0 bridgehead atoms. The van der Waals surface area contributed by atoms with Crippen molar-refractivity contribution in [2.75, 3.05) is 40.4 Å². The van der Waals surface area contributed by atoms with Crippen molar-refractivity contribution in [1.82, 2.24) is 9.80 Å². The molecule has 1 aliphatic rings. The molecular formula is C19H28N2O5. The first-order chi connectivity index (χ1) is 12.5. The van der Waals surface area contributed by atoms with Crippen LogP contribution in [0.1, 0.15) is 37.8 Å². The van der Waals surface area contributed by atoms with Gasteiger partial charge in [0.1, 0.15) is 11.5 Å². The van der Waals surface area contributed by atoms with Crippen molar-refractivity contribution in [2.45, 2.75) is 32.2 Å². The summed E-state index contributed by atoms with van der Waals surface area (Å²) in [6, 6.07) is 6.00. The zero-order chi connectivity index (χ0) is 19.1. The maximum Gasteiger partial charge on any atom is 0.303 e. The third-order valence-corrected chi connectivity index (χ3v) is 4.89. The Bertz CT molecular complexity index is 626. The van der Waals surface area contributed by atoms with Crippen LogP contribution in [0, 0.1) is 0 Å². The van der Waals surface area contributed by atoms with E-state index >= 15 is 0 Å². The molecule has 1 unspecified atom stereocenters. The molecule has 7 heteroatoms. The van der Waals surface area contributed by atoms with Crippen LogP contribution in [0.25, 0.3) is 0 Å². The Morgan fingerprint density at radius 1 is 1.12 bits per heavy atom. The smallest absolute Gasteiger partial charge is 0.303 e. The fraction of sp³-hybridized carbons (Fsp3) is 0.579. The molecule has 1 saturated heterocycles. The molecule has 1 amide bonds. The summed E-state index contributed by atoms with van der Waals surface area (Å²) in [5, 5.41) is 8.67. The minimum absolute atomic E-state index is 0.0417. The highest BCUT2D eigenvalue weighted by Crippen LogP contribution is 2.32. The summed E-state index contributed by atoms with van der Waals surface area (Å²) < 4.78 is 10.8. The summed E-state index contributed by atoms with van der Waals surface area (Å²) in [5.74, 6) is 0.740. The Hall–Kier alpha value is -2.28. The normalized spacial score (nSPS) is 16.2. The molecule has 26 heavy (non-hydrogen) atoms. The van der Waals surface area contributed by atoms with E-state index in [1.807, 2.05) is 23.1 Å². The Morgan fingerprint density at radius 3 is 2.38 bits per heavy atom. The Morgan fingerprint density at radius 2 is 1.81 bits per heavy atom. The number of carbonyl (C=O) groups is 2. The third-order valence-electron chi connectivity index (χ3n) is 4.89. The Labute approximate surface area is 154 Å². The first-order valence-electron chi connectivity index (χ1n) is 8.91. The second-order valence-electron chi connectivity index (χ2n) is 6.45. The van der Waals surface area contributed by atoms with Crippen LogP contribution in [0.2, 0.25) is 0 Å². The monoisotopic (exact) mass is 364 g/mol. The fourth-order valence-corrected chi connectivity index (χ4v) is 3.27. The molecule has 0 aliphatic carbocycles. The Kier molecular flexibility index (Phi) is 7.26. The zero-order valence-electron chi connectivity index (χ0n) is 15.7. The van der Waals surface area contributed by atoms with Gasteiger partial charge in [-0.3, -0.25) is 14.5 Å². The summed E-state index contributed by atoms with van der Waals surface area (Å²) in [6.07, 6.45) is 0.738. The van der Waals surface area contributed by atoms with Crippen molar-refractivity contribution in [3.05, 3.63) is 23.8 Å². The van der Waals surface area contributed by atoms with Crippen LogP contribution >= 0.6 is 0 Å². The molecule has 1 fully saturated rings. The van der Waals surface area contributed by atoms with Gasteiger partial charge < -0.3 is 19.5 Å². The van der Waals surface area contributed by atoms with Crippen molar-refractivity contribution in [2.24, 2.45) is 0 Å². The van der Waals surface area contributed by atoms with Gasteiger partial charge in [-0.2, -0.15) is 0 Å². The summed E-state index contributed by atoms with van der Waals surface area (Å²) in [4.78, 5) is 26.9. The van der Waals surface area contributed by atoms with E-state index in [2.05, 4.69) is 11.8 Å². The highest BCUT2D eigenvalue weighted by atomic mass is 16.5. The van der Waals surface area contributed by atoms with E-state index in [1.165, 1.54) is 0 Å². The summed E-state index contributed by atoms with van der Waals surface area (Å²) in [7, 11) is 3.28. The van der Waals surface area contributed by atoms with E-state index in [4.69, 9.17) is 14.6 Å². The highest BCUT2D eigenvalue weighted by molar-refractivity contribution is 5.77. The molecule has 7 nitrogen and oxygen atoms in total. The van der Waals surface area contributed by atoms with Crippen LogP contribution in [0.5, 0.6) is 11.5 Å². The van der Waals surface area contributed by atoms with Gasteiger partial charge >= 0.3 is 5.97 Å². The maximum atomic E-state index is 12.2. The van der Waals surface area contributed by atoms with Crippen LogP contribution in [0.15, 0.2) is 18.2 Å². The van der Waals surface area contributed by atoms with Gasteiger partial charge in [0, 0.05) is 56.7 Å². The van der Waals surface area contributed by atoms with E-state index in [0.717, 1.165) is 30.2 Å². The lowest BCUT2D eigenvalue weighted by Gasteiger charge is -2.38. The van der Waals surface area contributed by atoms with E-state index < -0.39 is 5.97 Å². The fourth-order valence-electron chi connectivity index (χ4n) is 3.27. The second kappa shape index (κ2) is 9.43. The van der Waals surface area contributed by atoms with E-state index in [1.54, 1.807) is 14.2 Å². The first kappa shape index (κ1) is 20.0. The van der Waals surface area contributed by atoms with Gasteiger partial charge in [-0.25, -0.2) is 0 Å². The topological polar surface area (TPSA) is 79.3 Å². The van der Waals surface area contributed by atoms with Crippen LogP contribution in [0.3, 0.4) is 0 Å². The standard InChI is InChI=1S/C19H28N2O5/c1-14(16-8-7-15(25-2)13-17(16)26-3)20-9-11-21(12-10-20)18(22)5-4-6-19(23)24/h7-8,13-14H,4-6,9-12H2,1-3H3,(H,23,24). The van der Waals surface area contributed by atoms with Gasteiger partial charge in [0.25, 0.3) is 0 Å². The van der Waals surface area contributed by atoms with Gasteiger partial charge in [0.2, 0.25) is 5.91 Å². The molecule has 2 rings (SSSR count). The highest BCUT2D eigenvalue weighted by Gasteiger charge is 2.26. The molecule has 1 atom stereocenters. The van der Waals surface area contributed by atoms with E-state index in [-0.39, 0.29) is 18.4 Å². The maximum absolute atomic E-state index is 12.2. The lowest BCUT2D eigenvalue weighted by molar-refractivity contribution is -0.137.